The van der Waals surface area contributed by atoms with E-state index in [1.807, 2.05) is 49.9 Å². The number of hydrogen-bond acceptors (Lipinski definition) is 3. The molecule has 3 rings (SSSR count). The molecule has 3 aromatic rings. The molecule has 1 aromatic heterocycles. The molecule has 0 aliphatic heterocycles. The summed E-state index contributed by atoms with van der Waals surface area (Å²) in [6.45, 7) is 15.0. The molecular weight excluding hydrogens is 492 g/mol. The number of hydrogen-bond donors (Lipinski definition) is 2. The molecule has 2 aromatic carbocycles. The highest BCUT2D eigenvalue weighted by Crippen LogP contribution is 2.44. The molecular formula is C29H37ClN2O3S. The van der Waals surface area contributed by atoms with E-state index in [4.69, 9.17) is 16.7 Å². The minimum absolute atomic E-state index is 0.0440. The number of nitrogens with one attached hydrogen (secondary N) is 1. The normalized spacial score (nSPS) is 12.4. The highest BCUT2D eigenvalue weighted by atomic mass is 35.5. The average molecular weight is 529 g/mol. The molecule has 0 atom stereocenters. The van der Waals surface area contributed by atoms with Crippen LogP contribution in [0.25, 0.3) is 10.9 Å². The van der Waals surface area contributed by atoms with Gasteiger partial charge in [-0.3, -0.25) is 9.59 Å². The number of aromatic nitrogens is 1. The number of nitrogens with zero attached hydrogens (tertiary/aromatic N) is 1. The highest BCUT2D eigenvalue weighted by molar-refractivity contribution is 8.00. The van der Waals surface area contributed by atoms with Crippen LogP contribution in [0.5, 0.6) is 0 Å². The van der Waals surface area contributed by atoms with Crippen molar-refractivity contribution in [3.63, 3.8) is 0 Å². The number of aliphatic carboxylic acids is 1. The molecule has 0 fully saturated rings. The lowest BCUT2D eigenvalue weighted by atomic mass is 9.86. The van der Waals surface area contributed by atoms with Gasteiger partial charge in [-0.15, -0.1) is 11.8 Å². The standard InChI is InChI=1S/C29H37ClN2O3S/c1-18(2)20-10-13-23-22(14-20)26(36-28(3,4)5)24(15-29(6,7)27(35)31-16-25(33)34)32(23)17-19-8-11-21(30)12-9-19/h8-14,18H,15-17H2,1-7H3,(H,31,35)(H,33,34). The Balaban J connectivity index is 2.22. The molecule has 0 aliphatic rings. The van der Waals surface area contributed by atoms with Gasteiger partial charge in [-0.25, -0.2) is 0 Å². The molecule has 0 saturated heterocycles. The first-order chi connectivity index (χ1) is 16.7. The molecule has 7 heteroatoms. The third-order valence-electron chi connectivity index (χ3n) is 6.10. The predicted molar refractivity (Wildman–Crippen MR) is 150 cm³/mol. The van der Waals surface area contributed by atoms with Crippen LogP contribution in [0.15, 0.2) is 47.4 Å². The minimum atomic E-state index is -1.05. The highest BCUT2D eigenvalue weighted by Gasteiger charge is 2.33. The first-order valence-electron chi connectivity index (χ1n) is 12.3. The van der Waals surface area contributed by atoms with E-state index in [0.717, 1.165) is 16.8 Å². The van der Waals surface area contributed by atoms with E-state index < -0.39 is 17.9 Å². The Hall–Kier alpha value is -2.44. The molecule has 0 radical (unpaired) electrons. The number of carboxylic acids is 1. The van der Waals surface area contributed by atoms with Gasteiger partial charge in [0.2, 0.25) is 5.91 Å². The molecule has 0 saturated carbocycles. The molecule has 0 bridgehead atoms. The molecule has 1 amide bonds. The van der Waals surface area contributed by atoms with Gasteiger partial charge in [-0.2, -0.15) is 0 Å². The van der Waals surface area contributed by atoms with Gasteiger partial charge in [0.25, 0.3) is 0 Å². The van der Waals surface area contributed by atoms with Crippen LogP contribution >= 0.6 is 23.4 Å². The second-order valence-electron chi connectivity index (χ2n) is 11.3. The van der Waals surface area contributed by atoms with Gasteiger partial charge in [0.05, 0.1) is 0 Å². The maximum Gasteiger partial charge on any atom is 0.322 e. The van der Waals surface area contributed by atoms with Crippen molar-refractivity contribution in [2.75, 3.05) is 6.54 Å². The molecule has 36 heavy (non-hydrogen) atoms. The molecule has 0 aliphatic carbocycles. The van der Waals surface area contributed by atoms with Crippen LogP contribution in [-0.2, 0) is 22.6 Å². The van der Waals surface area contributed by atoms with Gasteiger partial charge in [0.1, 0.15) is 6.54 Å². The third-order valence-corrected chi connectivity index (χ3v) is 7.62. The molecule has 5 nitrogen and oxygen atoms in total. The summed E-state index contributed by atoms with van der Waals surface area (Å²) in [4.78, 5) is 25.3. The number of benzene rings is 2. The summed E-state index contributed by atoms with van der Waals surface area (Å²) in [5.74, 6) is -0.938. The zero-order valence-corrected chi connectivity index (χ0v) is 23.8. The van der Waals surface area contributed by atoms with Crippen LogP contribution in [0.1, 0.15) is 71.2 Å². The fourth-order valence-electron chi connectivity index (χ4n) is 4.20. The van der Waals surface area contributed by atoms with Gasteiger partial charge >= 0.3 is 5.97 Å². The summed E-state index contributed by atoms with van der Waals surface area (Å²) in [6, 6.07) is 14.5. The van der Waals surface area contributed by atoms with Crippen LogP contribution in [0, 0.1) is 5.41 Å². The van der Waals surface area contributed by atoms with Crippen LogP contribution in [0.3, 0.4) is 0 Å². The van der Waals surface area contributed by atoms with Crippen molar-refractivity contribution in [1.29, 1.82) is 0 Å². The quantitative estimate of drug-likeness (QED) is 0.290. The van der Waals surface area contributed by atoms with Gasteiger partial charge in [-0.05, 0) is 41.3 Å². The number of thioether (sulfide) groups is 1. The van der Waals surface area contributed by atoms with Crippen molar-refractivity contribution < 1.29 is 14.7 Å². The summed E-state index contributed by atoms with van der Waals surface area (Å²) in [7, 11) is 0. The van der Waals surface area contributed by atoms with Gasteiger partial charge in [-0.1, -0.05) is 78.3 Å². The summed E-state index contributed by atoms with van der Waals surface area (Å²) in [6.07, 6.45) is 0.468. The maximum absolute atomic E-state index is 13.0. The largest absolute Gasteiger partial charge is 0.480 e. The van der Waals surface area contributed by atoms with Crippen molar-refractivity contribution in [2.24, 2.45) is 5.41 Å². The van der Waals surface area contributed by atoms with Gasteiger partial charge < -0.3 is 15.0 Å². The van der Waals surface area contributed by atoms with E-state index in [1.54, 1.807) is 0 Å². The van der Waals surface area contributed by atoms with Crippen LogP contribution < -0.4 is 5.32 Å². The topological polar surface area (TPSA) is 71.3 Å². The lowest BCUT2D eigenvalue weighted by molar-refractivity contribution is -0.139. The molecule has 2 N–H and O–H groups in total. The van der Waals surface area contributed by atoms with Gasteiger partial charge in [0, 0.05) is 49.6 Å². The van der Waals surface area contributed by atoms with E-state index in [1.165, 1.54) is 15.8 Å². The number of fused-ring (bicyclic) bond motifs is 1. The average Bonchev–Trinajstić information content (AvgIpc) is 3.03. The Bertz CT molecular complexity index is 1250. The Kier molecular flexibility index (Phi) is 8.51. The Morgan fingerprint density at radius 1 is 1.06 bits per heavy atom. The fraction of sp³-hybridized carbons (Fsp3) is 0.448. The summed E-state index contributed by atoms with van der Waals surface area (Å²) in [5.41, 5.74) is 3.78. The Morgan fingerprint density at radius 3 is 2.25 bits per heavy atom. The lowest BCUT2D eigenvalue weighted by Crippen LogP contribution is -2.41. The fourth-order valence-corrected chi connectivity index (χ4v) is 5.51. The first-order valence-corrected chi connectivity index (χ1v) is 13.5. The van der Waals surface area contributed by atoms with E-state index in [0.29, 0.717) is 23.9 Å². The summed E-state index contributed by atoms with van der Waals surface area (Å²) < 4.78 is 2.26. The van der Waals surface area contributed by atoms with E-state index >= 15 is 0 Å². The van der Waals surface area contributed by atoms with Crippen LogP contribution in [-0.4, -0.2) is 32.8 Å². The van der Waals surface area contributed by atoms with Crippen LogP contribution in [0.4, 0.5) is 0 Å². The van der Waals surface area contributed by atoms with Crippen molar-refractivity contribution in [2.45, 2.75) is 77.0 Å². The zero-order valence-electron chi connectivity index (χ0n) is 22.2. The van der Waals surface area contributed by atoms with E-state index in [2.05, 4.69) is 62.7 Å². The molecule has 1 heterocycles. The van der Waals surface area contributed by atoms with Crippen molar-refractivity contribution in [3.05, 3.63) is 64.3 Å². The molecule has 194 valence electrons. The smallest absolute Gasteiger partial charge is 0.322 e. The number of halogens is 1. The minimum Gasteiger partial charge on any atom is -0.480 e. The predicted octanol–water partition coefficient (Wildman–Crippen LogP) is 7.13. The van der Waals surface area contributed by atoms with E-state index in [-0.39, 0.29) is 10.7 Å². The van der Waals surface area contributed by atoms with Gasteiger partial charge in [0.15, 0.2) is 0 Å². The number of carbonyl (C=O) groups is 2. The Labute approximate surface area is 223 Å². The number of carboxylic acid groups (broad SMARTS) is 1. The zero-order chi connectivity index (χ0) is 26.8. The molecule has 0 spiro atoms. The summed E-state index contributed by atoms with van der Waals surface area (Å²) in [5, 5.41) is 13.5. The Morgan fingerprint density at radius 2 is 1.69 bits per heavy atom. The van der Waals surface area contributed by atoms with Crippen molar-refractivity contribution in [1.82, 2.24) is 9.88 Å². The monoisotopic (exact) mass is 528 g/mol. The number of rotatable bonds is 9. The SMILES string of the molecule is CC(C)c1ccc2c(c1)c(SC(C)(C)C)c(CC(C)(C)C(=O)NCC(=O)O)n2Cc1ccc(Cl)cc1. The summed E-state index contributed by atoms with van der Waals surface area (Å²) >= 11 is 7.96. The van der Waals surface area contributed by atoms with Crippen LogP contribution in [0.2, 0.25) is 5.02 Å². The van der Waals surface area contributed by atoms with E-state index in [9.17, 15) is 9.59 Å². The van der Waals surface area contributed by atoms with Crippen molar-refractivity contribution in [3.8, 4) is 0 Å². The lowest BCUT2D eigenvalue weighted by Gasteiger charge is -2.26. The van der Waals surface area contributed by atoms with Crippen molar-refractivity contribution >= 4 is 46.1 Å². The second kappa shape index (κ2) is 10.9. The number of amides is 1. The third kappa shape index (κ3) is 6.86. The second-order valence-corrected chi connectivity index (χ2v) is 13.5. The first kappa shape index (κ1) is 28.1. The number of carbonyl (C=O) groups excluding carboxylic acids is 1. The molecule has 0 unspecified atom stereocenters. The maximum atomic E-state index is 13.0.